The fourth-order valence-electron chi connectivity index (χ4n) is 3.89. The van der Waals surface area contributed by atoms with Gasteiger partial charge >= 0.3 is 0 Å². The molecular weight excluding hydrogens is 292 g/mol. The van der Waals surface area contributed by atoms with Crippen molar-refractivity contribution >= 4 is 0 Å². The average Bonchev–Trinajstić information content (AvgIpc) is 2.68. The highest BCUT2D eigenvalue weighted by Crippen LogP contribution is 2.46. The Bertz CT molecular complexity index is 695. The molecule has 0 spiro atoms. The number of benzene rings is 3. The first kappa shape index (κ1) is 16.5. The fourth-order valence-corrected chi connectivity index (χ4v) is 3.89. The van der Waals surface area contributed by atoms with Gasteiger partial charge in [-0.05, 0) is 29.0 Å². The lowest BCUT2D eigenvalue weighted by Crippen LogP contribution is -2.38. The highest BCUT2D eigenvalue weighted by molar-refractivity contribution is 5.45. The molecule has 0 aliphatic carbocycles. The lowest BCUT2D eigenvalue weighted by Gasteiger charge is -2.41. The molecule has 0 aliphatic rings. The Labute approximate surface area is 144 Å². The molecule has 0 aliphatic heterocycles. The monoisotopic (exact) mass is 316 g/mol. The van der Waals surface area contributed by atoms with Gasteiger partial charge in [-0.2, -0.15) is 0 Å². The van der Waals surface area contributed by atoms with Crippen molar-refractivity contribution < 1.29 is 5.11 Å². The number of hydrogen-bond donors (Lipinski definition) is 1. The molecule has 3 rings (SSSR count). The summed E-state index contributed by atoms with van der Waals surface area (Å²) in [4.78, 5) is 0. The van der Waals surface area contributed by atoms with Crippen molar-refractivity contribution in [2.24, 2.45) is 0 Å². The highest BCUT2D eigenvalue weighted by atomic mass is 16.3. The van der Waals surface area contributed by atoms with E-state index in [-0.39, 0.29) is 12.5 Å². The molecule has 1 nitrogen and oxygen atoms in total. The lowest BCUT2D eigenvalue weighted by molar-refractivity contribution is 0.193. The van der Waals surface area contributed by atoms with Crippen molar-refractivity contribution in [3.8, 4) is 0 Å². The van der Waals surface area contributed by atoms with Gasteiger partial charge in [0.2, 0.25) is 0 Å². The van der Waals surface area contributed by atoms with Gasteiger partial charge in [-0.15, -0.1) is 0 Å². The molecule has 0 aromatic heterocycles. The van der Waals surface area contributed by atoms with Crippen LogP contribution in [0.2, 0.25) is 0 Å². The zero-order valence-corrected chi connectivity index (χ0v) is 14.1. The Hall–Kier alpha value is -2.38. The summed E-state index contributed by atoms with van der Waals surface area (Å²) < 4.78 is 0. The molecule has 0 heterocycles. The van der Waals surface area contributed by atoms with Gasteiger partial charge in [0.1, 0.15) is 0 Å². The van der Waals surface area contributed by atoms with Gasteiger partial charge in [-0.3, -0.25) is 0 Å². The zero-order valence-electron chi connectivity index (χ0n) is 14.1. The summed E-state index contributed by atoms with van der Waals surface area (Å²) in [5.74, 6) is 0.202. The van der Waals surface area contributed by atoms with Crippen LogP contribution >= 0.6 is 0 Å². The largest absolute Gasteiger partial charge is 0.395 e. The summed E-state index contributed by atoms with van der Waals surface area (Å²) in [7, 11) is 0. The van der Waals surface area contributed by atoms with Crippen molar-refractivity contribution in [3.63, 3.8) is 0 Å². The van der Waals surface area contributed by atoms with Gasteiger partial charge < -0.3 is 5.11 Å². The van der Waals surface area contributed by atoms with E-state index in [1.165, 1.54) is 5.56 Å². The summed E-state index contributed by atoms with van der Waals surface area (Å²) in [5.41, 5.74) is 3.14. The predicted octanol–water partition coefficient (Wildman–Crippen LogP) is 5.16. The zero-order chi connectivity index (χ0) is 16.8. The van der Waals surface area contributed by atoms with Crippen LogP contribution in [-0.4, -0.2) is 11.7 Å². The van der Waals surface area contributed by atoms with Gasteiger partial charge in [0.25, 0.3) is 0 Å². The summed E-state index contributed by atoms with van der Waals surface area (Å²) in [5, 5.41) is 10.6. The van der Waals surface area contributed by atoms with Crippen LogP contribution in [0.3, 0.4) is 0 Å². The Kier molecular flexibility index (Phi) is 5.12. The number of rotatable bonds is 6. The van der Waals surface area contributed by atoms with E-state index in [0.29, 0.717) is 0 Å². The van der Waals surface area contributed by atoms with Gasteiger partial charge in [0.15, 0.2) is 0 Å². The van der Waals surface area contributed by atoms with Crippen molar-refractivity contribution in [3.05, 3.63) is 108 Å². The summed E-state index contributed by atoms with van der Waals surface area (Å²) >= 11 is 0. The Morgan fingerprint density at radius 1 is 0.708 bits per heavy atom. The van der Waals surface area contributed by atoms with Crippen LogP contribution in [0.1, 0.15) is 36.0 Å². The molecule has 0 amide bonds. The molecular formula is C23H24O. The van der Waals surface area contributed by atoms with Crippen molar-refractivity contribution in [1.29, 1.82) is 0 Å². The molecule has 0 fully saturated rings. The number of hydrogen-bond acceptors (Lipinski definition) is 1. The Balaban J connectivity index is 2.25. The molecule has 1 heteroatoms. The molecule has 0 saturated carbocycles. The standard InChI is InChI=1S/C23H24O/c1-2-22(19-12-6-3-7-13-19)23(18-24,20-14-8-4-9-15-20)21-16-10-5-11-17-21/h3-17,22,24H,2,18H2,1H3/t22-/m0/s1. The second-order valence-corrected chi connectivity index (χ2v) is 6.23. The number of aliphatic hydroxyl groups excluding tert-OH is 1. The third-order valence-corrected chi connectivity index (χ3v) is 5.03. The van der Waals surface area contributed by atoms with Gasteiger partial charge in [-0.1, -0.05) is 97.9 Å². The summed E-state index contributed by atoms with van der Waals surface area (Å²) in [6.45, 7) is 2.28. The smallest absolute Gasteiger partial charge is 0.0574 e. The third kappa shape index (κ3) is 2.88. The molecule has 0 saturated heterocycles. The first-order chi connectivity index (χ1) is 11.8. The van der Waals surface area contributed by atoms with E-state index >= 15 is 0 Å². The first-order valence-electron chi connectivity index (χ1n) is 8.59. The Morgan fingerprint density at radius 3 is 1.50 bits per heavy atom. The van der Waals surface area contributed by atoms with E-state index in [9.17, 15) is 5.11 Å². The molecule has 0 bridgehead atoms. The normalized spacial score (nSPS) is 12.8. The summed E-state index contributed by atoms with van der Waals surface area (Å²) in [6, 6.07) is 31.4. The maximum atomic E-state index is 10.6. The van der Waals surface area contributed by atoms with Crippen LogP contribution in [0.5, 0.6) is 0 Å². The van der Waals surface area contributed by atoms with Crippen molar-refractivity contribution in [2.75, 3.05) is 6.61 Å². The van der Waals surface area contributed by atoms with E-state index in [2.05, 4.69) is 79.7 Å². The van der Waals surface area contributed by atoms with Crippen LogP contribution in [0.25, 0.3) is 0 Å². The molecule has 24 heavy (non-hydrogen) atoms. The first-order valence-corrected chi connectivity index (χ1v) is 8.59. The van der Waals surface area contributed by atoms with Crippen LogP contribution in [0.15, 0.2) is 91.0 Å². The minimum absolute atomic E-state index is 0.0778. The summed E-state index contributed by atoms with van der Waals surface area (Å²) in [6.07, 6.45) is 0.953. The van der Waals surface area contributed by atoms with Gasteiger partial charge in [-0.25, -0.2) is 0 Å². The molecule has 0 unspecified atom stereocenters. The predicted molar refractivity (Wildman–Crippen MR) is 100 cm³/mol. The molecule has 3 aromatic carbocycles. The molecule has 1 atom stereocenters. The molecule has 0 radical (unpaired) electrons. The average molecular weight is 316 g/mol. The Morgan fingerprint density at radius 2 is 1.12 bits per heavy atom. The van der Waals surface area contributed by atoms with Crippen molar-refractivity contribution in [1.82, 2.24) is 0 Å². The molecule has 1 N–H and O–H groups in total. The van der Waals surface area contributed by atoms with Crippen molar-refractivity contribution in [2.45, 2.75) is 24.7 Å². The lowest BCUT2D eigenvalue weighted by atomic mass is 9.63. The topological polar surface area (TPSA) is 20.2 Å². The van der Waals surface area contributed by atoms with E-state index in [1.807, 2.05) is 18.2 Å². The third-order valence-electron chi connectivity index (χ3n) is 5.03. The fraction of sp³-hybridized carbons (Fsp3) is 0.217. The minimum Gasteiger partial charge on any atom is -0.395 e. The number of aliphatic hydroxyl groups is 1. The van der Waals surface area contributed by atoms with E-state index < -0.39 is 5.41 Å². The van der Waals surface area contributed by atoms with Gasteiger partial charge in [0.05, 0.1) is 12.0 Å². The van der Waals surface area contributed by atoms with Crippen LogP contribution in [-0.2, 0) is 5.41 Å². The quantitative estimate of drug-likeness (QED) is 0.666. The van der Waals surface area contributed by atoms with Crippen LogP contribution < -0.4 is 0 Å². The molecule has 3 aromatic rings. The second kappa shape index (κ2) is 7.46. The SMILES string of the molecule is CC[C@@H](c1ccccc1)C(CO)(c1ccccc1)c1ccccc1. The second-order valence-electron chi connectivity index (χ2n) is 6.23. The van der Waals surface area contributed by atoms with E-state index in [4.69, 9.17) is 0 Å². The van der Waals surface area contributed by atoms with E-state index in [0.717, 1.165) is 17.5 Å². The molecule has 122 valence electrons. The highest BCUT2D eigenvalue weighted by Gasteiger charge is 2.41. The van der Waals surface area contributed by atoms with Crippen LogP contribution in [0, 0.1) is 0 Å². The minimum atomic E-state index is -0.446. The van der Waals surface area contributed by atoms with E-state index in [1.54, 1.807) is 0 Å². The maximum Gasteiger partial charge on any atom is 0.0574 e. The maximum absolute atomic E-state index is 10.6. The van der Waals surface area contributed by atoms with Crippen LogP contribution in [0.4, 0.5) is 0 Å². The van der Waals surface area contributed by atoms with Gasteiger partial charge in [0, 0.05) is 0 Å².